The Morgan fingerprint density at radius 1 is 1.05 bits per heavy atom. The molecule has 2 aromatic heterocycles. The van der Waals surface area contributed by atoms with Gasteiger partial charge in [-0.1, -0.05) is 0 Å². The van der Waals surface area contributed by atoms with E-state index in [4.69, 9.17) is 10.1 Å². The van der Waals surface area contributed by atoms with Crippen LogP contribution in [0.2, 0.25) is 0 Å². The van der Waals surface area contributed by atoms with Crippen molar-refractivity contribution >= 4 is 11.0 Å². The van der Waals surface area contributed by atoms with Gasteiger partial charge >= 0.3 is 0 Å². The average Bonchev–Trinajstić information content (AvgIpc) is 2.47. The maximum absolute atomic E-state index is 8.08. The molecule has 0 fully saturated rings. The van der Waals surface area contributed by atoms with E-state index < -0.39 is 0 Å². The number of fused-ring (bicyclic) bond motifs is 1. The molecule has 0 bridgehead atoms. The van der Waals surface area contributed by atoms with Gasteiger partial charge in [0, 0.05) is 17.3 Å². The summed E-state index contributed by atoms with van der Waals surface area (Å²) in [5.41, 5.74) is 2.08. The molecule has 0 aliphatic heterocycles. The second kappa shape index (κ2) is 4.57. The van der Waals surface area contributed by atoms with Gasteiger partial charge in [-0.2, -0.15) is 0 Å². The molecule has 0 spiro atoms. The number of hydrogen-bond acceptors (Lipinski definition) is 3. The first-order chi connectivity index (χ1) is 9.29. The molecule has 3 aromatic rings. The van der Waals surface area contributed by atoms with E-state index in [1.807, 2.05) is 47.0 Å². The fourth-order valence-electron chi connectivity index (χ4n) is 2.08. The predicted octanol–water partition coefficient (Wildman–Crippen LogP) is 2.51. The number of ether oxygens (including phenoxy) is 1. The Morgan fingerprint density at radius 2 is 1.84 bits per heavy atom. The van der Waals surface area contributed by atoms with E-state index in [0.717, 1.165) is 22.5 Å². The molecule has 0 saturated carbocycles. The number of methoxy groups -OCH3 is 1. The van der Waals surface area contributed by atoms with Crippen LogP contribution in [0.5, 0.6) is 5.75 Å². The number of rotatable bonds is 2. The molecule has 1 aromatic carbocycles. The summed E-state index contributed by atoms with van der Waals surface area (Å²) in [6.07, 6.45) is 1.74. The lowest BCUT2D eigenvalue weighted by atomic mass is 10.2. The molecule has 0 aliphatic carbocycles. The van der Waals surface area contributed by atoms with Crippen LogP contribution in [0.4, 0.5) is 0 Å². The Labute approximate surface area is 110 Å². The average molecular weight is 251 g/mol. The summed E-state index contributed by atoms with van der Waals surface area (Å²) < 4.78 is 6.97. The third kappa shape index (κ3) is 1.97. The Hall–Kier alpha value is -2.62. The summed E-state index contributed by atoms with van der Waals surface area (Å²) in [7, 11) is 1.64. The zero-order valence-electron chi connectivity index (χ0n) is 10.5. The Morgan fingerprint density at radius 3 is 2.58 bits per heavy atom. The van der Waals surface area contributed by atoms with Crippen molar-refractivity contribution in [3.05, 3.63) is 60.2 Å². The maximum Gasteiger partial charge on any atom is 0.145 e. The van der Waals surface area contributed by atoms with Gasteiger partial charge in [0.25, 0.3) is 0 Å². The Bertz CT molecular complexity index is 775. The number of nitrogens with zero attached hydrogens (tertiary/aromatic N) is 2. The molecular weight excluding hydrogens is 238 g/mol. The standard InChI is InChI=1S/C15H13N3O/c1-19-13-7-5-12(6-8-13)18-14(16)9-4-11-3-2-10-17-15(11)18/h2-10,16H,1H3. The number of nitrogens with one attached hydrogen (secondary N) is 1. The van der Waals surface area contributed by atoms with Crippen molar-refractivity contribution in [3.8, 4) is 11.4 Å². The van der Waals surface area contributed by atoms with Gasteiger partial charge in [-0.05, 0) is 48.5 Å². The third-order valence-corrected chi connectivity index (χ3v) is 3.02. The van der Waals surface area contributed by atoms with E-state index in [1.54, 1.807) is 19.4 Å². The zero-order valence-corrected chi connectivity index (χ0v) is 10.5. The van der Waals surface area contributed by atoms with Gasteiger partial charge in [0.1, 0.15) is 16.9 Å². The SMILES string of the molecule is COc1ccc(-n2c(=N)ccc3cccnc32)cc1. The molecule has 0 amide bonds. The van der Waals surface area contributed by atoms with E-state index in [-0.39, 0.29) is 0 Å². The predicted molar refractivity (Wildman–Crippen MR) is 73.5 cm³/mol. The van der Waals surface area contributed by atoms with Crippen LogP contribution in [0.1, 0.15) is 0 Å². The molecule has 0 atom stereocenters. The van der Waals surface area contributed by atoms with Crippen LogP contribution in [-0.4, -0.2) is 16.7 Å². The topological polar surface area (TPSA) is 50.9 Å². The maximum atomic E-state index is 8.08. The van der Waals surface area contributed by atoms with Gasteiger partial charge in [-0.3, -0.25) is 9.98 Å². The highest BCUT2D eigenvalue weighted by Gasteiger charge is 2.04. The van der Waals surface area contributed by atoms with E-state index >= 15 is 0 Å². The van der Waals surface area contributed by atoms with Crippen molar-refractivity contribution in [1.82, 2.24) is 9.55 Å². The lowest BCUT2D eigenvalue weighted by Crippen LogP contribution is -2.18. The number of benzene rings is 1. The molecule has 1 N–H and O–H groups in total. The van der Waals surface area contributed by atoms with Crippen molar-refractivity contribution in [1.29, 1.82) is 5.41 Å². The quantitative estimate of drug-likeness (QED) is 0.760. The minimum atomic E-state index is 0.399. The lowest BCUT2D eigenvalue weighted by molar-refractivity contribution is 0.414. The van der Waals surface area contributed by atoms with Crippen LogP contribution in [0.25, 0.3) is 16.7 Å². The van der Waals surface area contributed by atoms with Crippen molar-refractivity contribution in [2.45, 2.75) is 0 Å². The van der Waals surface area contributed by atoms with Crippen LogP contribution in [0, 0.1) is 5.41 Å². The van der Waals surface area contributed by atoms with Crippen LogP contribution >= 0.6 is 0 Å². The van der Waals surface area contributed by atoms with Crippen LogP contribution in [0.3, 0.4) is 0 Å². The van der Waals surface area contributed by atoms with E-state index in [9.17, 15) is 0 Å². The lowest BCUT2D eigenvalue weighted by Gasteiger charge is -2.10. The van der Waals surface area contributed by atoms with Crippen LogP contribution < -0.4 is 10.2 Å². The van der Waals surface area contributed by atoms with E-state index in [1.165, 1.54) is 0 Å². The molecule has 0 aliphatic rings. The first kappa shape index (κ1) is 11.5. The molecule has 0 saturated heterocycles. The highest BCUT2D eigenvalue weighted by Crippen LogP contribution is 2.17. The minimum absolute atomic E-state index is 0.399. The molecule has 94 valence electrons. The zero-order chi connectivity index (χ0) is 13.2. The Kier molecular flexibility index (Phi) is 2.76. The van der Waals surface area contributed by atoms with Crippen LogP contribution in [-0.2, 0) is 0 Å². The first-order valence-corrected chi connectivity index (χ1v) is 5.95. The van der Waals surface area contributed by atoms with Gasteiger partial charge in [0.2, 0.25) is 0 Å². The third-order valence-electron chi connectivity index (χ3n) is 3.02. The monoisotopic (exact) mass is 251 g/mol. The normalized spacial score (nSPS) is 10.6. The largest absolute Gasteiger partial charge is 0.497 e. The first-order valence-electron chi connectivity index (χ1n) is 5.95. The number of aromatic nitrogens is 2. The van der Waals surface area contributed by atoms with Gasteiger partial charge in [0.15, 0.2) is 0 Å². The summed E-state index contributed by atoms with van der Waals surface area (Å²) in [4.78, 5) is 4.37. The second-order valence-corrected chi connectivity index (χ2v) is 4.17. The van der Waals surface area contributed by atoms with Crippen LogP contribution in [0.15, 0.2) is 54.7 Å². The van der Waals surface area contributed by atoms with Gasteiger partial charge in [-0.15, -0.1) is 0 Å². The minimum Gasteiger partial charge on any atom is -0.497 e. The van der Waals surface area contributed by atoms with Crippen molar-refractivity contribution in [3.63, 3.8) is 0 Å². The summed E-state index contributed by atoms with van der Waals surface area (Å²) in [6, 6.07) is 15.2. The summed E-state index contributed by atoms with van der Waals surface area (Å²) in [6.45, 7) is 0. The van der Waals surface area contributed by atoms with E-state index in [2.05, 4.69) is 4.98 Å². The van der Waals surface area contributed by atoms with Gasteiger partial charge in [-0.25, -0.2) is 4.98 Å². The molecular formula is C15H13N3O. The molecule has 19 heavy (non-hydrogen) atoms. The number of pyridine rings is 2. The van der Waals surface area contributed by atoms with Crippen molar-refractivity contribution in [2.24, 2.45) is 0 Å². The molecule has 4 heteroatoms. The van der Waals surface area contributed by atoms with Crippen molar-refractivity contribution < 1.29 is 4.74 Å². The Balaban J connectivity index is 2.28. The fourth-order valence-corrected chi connectivity index (χ4v) is 2.08. The summed E-state index contributed by atoms with van der Waals surface area (Å²) >= 11 is 0. The fraction of sp³-hybridized carbons (Fsp3) is 0.0667. The van der Waals surface area contributed by atoms with Gasteiger partial charge in [0.05, 0.1) is 7.11 Å². The molecule has 3 rings (SSSR count). The van der Waals surface area contributed by atoms with Crippen molar-refractivity contribution in [2.75, 3.05) is 7.11 Å². The molecule has 0 unspecified atom stereocenters. The number of hydrogen-bond donors (Lipinski definition) is 1. The van der Waals surface area contributed by atoms with Gasteiger partial charge < -0.3 is 4.74 Å². The smallest absolute Gasteiger partial charge is 0.145 e. The second-order valence-electron chi connectivity index (χ2n) is 4.17. The summed E-state index contributed by atoms with van der Waals surface area (Å²) in [5.74, 6) is 0.795. The summed E-state index contributed by atoms with van der Waals surface area (Å²) in [5, 5.41) is 9.09. The highest BCUT2D eigenvalue weighted by atomic mass is 16.5. The highest BCUT2D eigenvalue weighted by molar-refractivity contribution is 5.76. The molecule has 0 radical (unpaired) electrons. The van der Waals surface area contributed by atoms with E-state index in [0.29, 0.717) is 5.49 Å². The molecule has 4 nitrogen and oxygen atoms in total. The molecule has 2 heterocycles.